The highest BCUT2D eigenvalue weighted by Crippen LogP contribution is 2.31. The molecule has 0 saturated heterocycles. The Labute approximate surface area is 178 Å². The molecule has 0 fully saturated rings. The third-order valence-electron chi connectivity index (χ3n) is 4.31. The largest absolute Gasteiger partial charge is 0.485 e. The SMILES string of the molecule is O=C(COC(=O)C1COc2ccccc2O1)Nc1ccc(N=Nc2ccccc2)cc1. The van der Waals surface area contributed by atoms with E-state index in [0.29, 0.717) is 22.9 Å². The second-order valence-corrected chi connectivity index (χ2v) is 6.60. The van der Waals surface area contributed by atoms with Crippen LogP contribution in [0.15, 0.2) is 89.1 Å². The number of anilines is 1. The van der Waals surface area contributed by atoms with E-state index in [1.165, 1.54) is 0 Å². The predicted octanol–water partition coefficient (Wildman–Crippen LogP) is 4.42. The lowest BCUT2D eigenvalue weighted by Crippen LogP contribution is -2.39. The second kappa shape index (κ2) is 9.53. The molecule has 1 atom stereocenters. The van der Waals surface area contributed by atoms with Gasteiger partial charge in [-0.05, 0) is 48.5 Å². The fourth-order valence-corrected chi connectivity index (χ4v) is 2.78. The number of nitrogens with zero attached hydrogens (tertiary/aromatic N) is 2. The maximum absolute atomic E-state index is 12.2. The third kappa shape index (κ3) is 5.45. The molecule has 1 N–H and O–H groups in total. The molecule has 0 radical (unpaired) electrons. The topological polar surface area (TPSA) is 98.6 Å². The Balaban J connectivity index is 1.24. The Morgan fingerprint density at radius 2 is 1.52 bits per heavy atom. The zero-order chi connectivity index (χ0) is 21.5. The van der Waals surface area contributed by atoms with Crippen LogP contribution in [0.1, 0.15) is 0 Å². The molecule has 1 aliphatic heterocycles. The number of para-hydroxylation sites is 2. The molecule has 1 aliphatic rings. The molecule has 4 rings (SSSR count). The van der Waals surface area contributed by atoms with Crippen molar-refractivity contribution in [2.75, 3.05) is 18.5 Å². The number of hydrogen-bond donors (Lipinski definition) is 1. The summed E-state index contributed by atoms with van der Waals surface area (Å²) in [5.74, 6) is -0.105. The molecule has 1 heterocycles. The summed E-state index contributed by atoms with van der Waals surface area (Å²) in [6.45, 7) is -0.410. The number of carbonyl (C=O) groups is 2. The number of benzene rings is 3. The van der Waals surface area contributed by atoms with E-state index in [0.717, 1.165) is 5.69 Å². The lowest BCUT2D eigenvalue weighted by atomic mass is 10.2. The molecule has 0 bridgehead atoms. The fourth-order valence-electron chi connectivity index (χ4n) is 2.78. The number of esters is 1. The standard InChI is InChI=1S/C23H19N3O5/c27-22(15-30-23(28)21-14-29-19-8-4-5-9-20(19)31-21)24-16-10-12-18(13-11-16)26-25-17-6-2-1-3-7-17/h1-13,21H,14-15H2,(H,24,27). The van der Waals surface area contributed by atoms with Crippen molar-refractivity contribution >= 4 is 28.9 Å². The van der Waals surface area contributed by atoms with E-state index in [1.54, 1.807) is 42.5 Å². The number of hydrogen-bond acceptors (Lipinski definition) is 7. The van der Waals surface area contributed by atoms with Crippen molar-refractivity contribution in [3.63, 3.8) is 0 Å². The minimum Gasteiger partial charge on any atom is -0.485 e. The van der Waals surface area contributed by atoms with Crippen molar-refractivity contribution in [1.29, 1.82) is 0 Å². The van der Waals surface area contributed by atoms with Crippen molar-refractivity contribution in [3.05, 3.63) is 78.9 Å². The van der Waals surface area contributed by atoms with Crippen molar-refractivity contribution in [3.8, 4) is 11.5 Å². The van der Waals surface area contributed by atoms with E-state index in [9.17, 15) is 9.59 Å². The van der Waals surface area contributed by atoms with Crippen LogP contribution in [0.2, 0.25) is 0 Å². The van der Waals surface area contributed by atoms with Gasteiger partial charge in [0.1, 0.15) is 6.61 Å². The van der Waals surface area contributed by atoms with E-state index in [1.807, 2.05) is 36.4 Å². The van der Waals surface area contributed by atoms with Gasteiger partial charge in [-0.2, -0.15) is 10.2 Å². The van der Waals surface area contributed by atoms with Crippen LogP contribution in [-0.4, -0.2) is 31.2 Å². The van der Waals surface area contributed by atoms with E-state index in [2.05, 4.69) is 15.5 Å². The van der Waals surface area contributed by atoms with Crippen molar-refractivity contribution in [1.82, 2.24) is 0 Å². The average molecular weight is 417 g/mol. The third-order valence-corrected chi connectivity index (χ3v) is 4.31. The van der Waals surface area contributed by atoms with E-state index >= 15 is 0 Å². The minimum atomic E-state index is -0.919. The van der Waals surface area contributed by atoms with Crippen LogP contribution in [0.4, 0.5) is 17.1 Å². The Bertz CT molecular complexity index is 1080. The van der Waals surface area contributed by atoms with Crippen LogP contribution >= 0.6 is 0 Å². The van der Waals surface area contributed by atoms with Crippen LogP contribution in [-0.2, 0) is 14.3 Å². The minimum absolute atomic E-state index is 0.0243. The van der Waals surface area contributed by atoms with Gasteiger partial charge in [-0.25, -0.2) is 4.79 Å². The smallest absolute Gasteiger partial charge is 0.351 e. The van der Waals surface area contributed by atoms with Crippen molar-refractivity contribution in [2.45, 2.75) is 6.10 Å². The maximum atomic E-state index is 12.2. The summed E-state index contributed by atoms with van der Waals surface area (Å²) < 4.78 is 16.1. The summed E-state index contributed by atoms with van der Waals surface area (Å²) in [5.41, 5.74) is 1.94. The van der Waals surface area contributed by atoms with Gasteiger partial charge >= 0.3 is 5.97 Å². The first kappa shape index (κ1) is 20.1. The van der Waals surface area contributed by atoms with Crippen LogP contribution in [0.25, 0.3) is 0 Å². The van der Waals surface area contributed by atoms with Crippen molar-refractivity contribution < 1.29 is 23.8 Å². The van der Waals surface area contributed by atoms with E-state index < -0.39 is 24.6 Å². The zero-order valence-corrected chi connectivity index (χ0v) is 16.4. The van der Waals surface area contributed by atoms with Crippen molar-refractivity contribution in [2.24, 2.45) is 10.2 Å². The quantitative estimate of drug-likeness (QED) is 0.473. The number of amides is 1. The predicted molar refractivity (Wildman–Crippen MR) is 113 cm³/mol. The lowest BCUT2D eigenvalue weighted by Gasteiger charge is -2.24. The van der Waals surface area contributed by atoms with Gasteiger partial charge in [-0.1, -0.05) is 30.3 Å². The normalized spacial score (nSPS) is 14.8. The summed E-state index contributed by atoms with van der Waals surface area (Å²) in [4.78, 5) is 24.3. The van der Waals surface area contributed by atoms with Crippen LogP contribution in [0, 0.1) is 0 Å². The Morgan fingerprint density at radius 3 is 2.26 bits per heavy atom. The molecule has 3 aromatic carbocycles. The van der Waals surface area contributed by atoms with Gasteiger partial charge in [-0.15, -0.1) is 0 Å². The van der Waals surface area contributed by atoms with E-state index in [-0.39, 0.29) is 6.61 Å². The number of ether oxygens (including phenoxy) is 3. The average Bonchev–Trinajstić information content (AvgIpc) is 2.82. The highest BCUT2D eigenvalue weighted by atomic mass is 16.6. The molecular weight excluding hydrogens is 398 g/mol. The first-order valence-corrected chi connectivity index (χ1v) is 9.59. The van der Waals surface area contributed by atoms with Gasteiger partial charge < -0.3 is 19.5 Å². The monoisotopic (exact) mass is 417 g/mol. The number of rotatable bonds is 6. The molecule has 3 aromatic rings. The summed E-state index contributed by atoms with van der Waals surface area (Å²) in [5, 5.41) is 10.9. The van der Waals surface area contributed by atoms with Gasteiger partial charge in [0.25, 0.3) is 5.91 Å². The highest BCUT2D eigenvalue weighted by molar-refractivity contribution is 5.93. The molecule has 1 amide bonds. The van der Waals surface area contributed by atoms with Gasteiger partial charge in [0.15, 0.2) is 18.1 Å². The number of azo groups is 1. The van der Waals surface area contributed by atoms with Crippen LogP contribution in [0.3, 0.4) is 0 Å². The number of fused-ring (bicyclic) bond motifs is 1. The Morgan fingerprint density at radius 1 is 0.871 bits per heavy atom. The molecule has 8 heteroatoms. The molecule has 1 unspecified atom stereocenters. The number of carbonyl (C=O) groups excluding carboxylic acids is 2. The lowest BCUT2D eigenvalue weighted by molar-refractivity contribution is -0.156. The summed E-state index contributed by atoms with van der Waals surface area (Å²) in [6.07, 6.45) is -0.919. The molecule has 0 saturated carbocycles. The number of nitrogens with one attached hydrogen (secondary N) is 1. The van der Waals surface area contributed by atoms with E-state index in [4.69, 9.17) is 14.2 Å². The Hall–Kier alpha value is -4.20. The maximum Gasteiger partial charge on any atom is 0.351 e. The highest BCUT2D eigenvalue weighted by Gasteiger charge is 2.29. The van der Waals surface area contributed by atoms with Gasteiger partial charge in [0, 0.05) is 5.69 Å². The van der Waals surface area contributed by atoms with Gasteiger partial charge in [0.2, 0.25) is 6.10 Å². The molecule has 0 aromatic heterocycles. The van der Waals surface area contributed by atoms with Gasteiger partial charge in [0.05, 0.1) is 11.4 Å². The zero-order valence-electron chi connectivity index (χ0n) is 16.4. The molecule has 8 nitrogen and oxygen atoms in total. The molecule has 156 valence electrons. The first-order valence-electron chi connectivity index (χ1n) is 9.59. The summed E-state index contributed by atoms with van der Waals surface area (Å²) in [7, 11) is 0. The second-order valence-electron chi connectivity index (χ2n) is 6.60. The van der Waals surface area contributed by atoms with Crippen LogP contribution in [0.5, 0.6) is 11.5 Å². The molecule has 31 heavy (non-hydrogen) atoms. The molecule has 0 aliphatic carbocycles. The molecular formula is C23H19N3O5. The first-order chi connectivity index (χ1) is 15.2. The van der Waals surface area contributed by atoms with Crippen LogP contribution < -0.4 is 14.8 Å². The summed E-state index contributed by atoms with van der Waals surface area (Å²) in [6, 6.07) is 23.2. The Kier molecular flexibility index (Phi) is 6.18. The fraction of sp³-hybridized carbons (Fsp3) is 0.130. The summed E-state index contributed by atoms with van der Waals surface area (Å²) >= 11 is 0. The molecule has 0 spiro atoms. The van der Waals surface area contributed by atoms with Gasteiger partial charge in [-0.3, -0.25) is 4.79 Å².